The van der Waals surface area contributed by atoms with Crippen LogP contribution >= 0.6 is 12.2 Å². The number of nitrogens with zero attached hydrogens (tertiary/aromatic N) is 3. The largest absolute Gasteiger partial charge is 0.494 e. The van der Waals surface area contributed by atoms with Gasteiger partial charge in [0.05, 0.1) is 11.4 Å². The van der Waals surface area contributed by atoms with Gasteiger partial charge in [-0.2, -0.15) is 0 Å². The van der Waals surface area contributed by atoms with Crippen LogP contribution in [0.3, 0.4) is 0 Å². The predicted octanol–water partition coefficient (Wildman–Crippen LogP) is 4.51. The number of anilines is 1. The van der Waals surface area contributed by atoms with Gasteiger partial charge in [0.1, 0.15) is 5.56 Å². The van der Waals surface area contributed by atoms with Crippen LogP contribution < -0.4 is 10.5 Å². The van der Waals surface area contributed by atoms with Crippen LogP contribution in [-0.4, -0.2) is 34.0 Å². The Bertz CT molecular complexity index is 1140. The molecule has 0 aliphatic carbocycles. The second kappa shape index (κ2) is 8.87. The van der Waals surface area contributed by atoms with Gasteiger partial charge in [0.25, 0.3) is 5.56 Å². The van der Waals surface area contributed by atoms with E-state index in [0.717, 1.165) is 24.3 Å². The number of aromatic nitrogens is 2. The monoisotopic (exact) mass is 408 g/mol. The Hall–Kier alpha value is -3.19. The smallest absolute Gasteiger partial charge is 0.264 e. The maximum Gasteiger partial charge on any atom is 0.264 e. The van der Waals surface area contributed by atoms with E-state index < -0.39 is 5.56 Å². The van der Waals surface area contributed by atoms with E-state index in [1.165, 1.54) is 10.8 Å². The van der Waals surface area contributed by atoms with E-state index in [-0.39, 0.29) is 16.2 Å². The number of H-pyrrole nitrogens is 1. The van der Waals surface area contributed by atoms with Crippen molar-refractivity contribution in [2.75, 3.05) is 18.0 Å². The second-order valence-electron chi connectivity index (χ2n) is 6.57. The molecule has 0 amide bonds. The van der Waals surface area contributed by atoms with Crippen LogP contribution in [0.2, 0.25) is 0 Å². The van der Waals surface area contributed by atoms with E-state index >= 15 is 0 Å². The number of nitrogens with one attached hydrogen (secondary N) is 1. The molecule has 0 saturated carbocycles. The van der Waals surface area contributed by atoms with Crippen molar-refractivity contribution in [3.63, 3.8) is 0 Å². The molecule has 2 aromatic carbocycles. The Morgan fingerprint density at radius 3 is 2.41 bits per heavy atom. The zero-order chi connectivity index (χ0) is 21.0. The summed E-state index contributed by atoms with van der Waals surface area (Å²) in [6.07, 6.45) is 1.37. The van der Waals surface area contributed by atoms with Crippen molar-refractivity contribution in [3.8, 4) is 11.6 Å². The fraction of sp³-hybridized carbons (Fsp3) is 0.227. The molecule has 0 bridgehead atoms. The molecular formula is C22H24N4O2S. The lowest BCUT2D eigenvalue weighted by atomic mass is 10.2. The summed E-state index contributed by atoms with van der Waals surface area (Å²) in [5, 5.41) is 10.8. The van der Waals surface area contributed by atoms with Gasteiger partial charge in [-0.25, -0.2) is 0 Å². The molecule has 0 unspecified atom stereocenters. The van der Waals surface area contributed by atoms with Crippen molar-refractivity contribution in [1.29, 1.82) is 0 Å². The number of aryl methyl sites for hydroxylation is 1. The van der Waals surface area contributed by atoms with Crippen molar-refractivity contribution in [2.45, 2.75) is 20.8 Å². The third-order valence-electron chi connectivity index (χ3n) is 4.80. The molecule has 2 N–H and O–H groups in total. The average Bonchev–Trinajstić information content (AvgIpc) is 2.71. The molecule has 0 saturated heterocycles. The molecule has 0 radical (unpaired) electrons. The highest BCUT2D eigenvalue weighted by Gasteiger charge is 2.13. The maximum absolute atomic E-state index is 12.4. The molecule has 0 aliphatic heterocycles. The molecule has 1 aromatic heterocycles. The minimum atomic E-state index is -0.485. The Morgan fingerprint density at radius 2 is 1.79 bits per heavy atom. The summed E-state index contributed by atoms with van der Waals surface area (Å²) >= 11 is 5.27. The lowest BCUT2D eigenvalue weighted by Crippen LogP contribution is -2.21. The number of aromatic amines is 1. The summed E-state index contributed by atoms with van der Waals surface area (Å²) in [6, 6.07) is 15.2. The van der Waals surface area contributed by atoms with Gasteiger partial charge >= 0.3 is 0 Å². The molecule has 3 rings (SSSR count). The lowest BCUT2D eigenvalue weighted by Gasteiger charge is -2.20. The topological polar surface area (TPSA) is 73.6 Å². The van der Waals surface area contributed by atoms with Crippen LogP contribution in [0.1, 0.15) is 25.0 Å². The van der Waals surface area contributed by atoms with E-state index in [0.29, 0.717) is 11.4 Å². The highest BCUT2D eigenvalue weighted by atomic mass is 32.1. The van der Waals surface area contributed by atoms with Crippen LogP contribution in [0, 0.1) is 11.7 Å². The summed E-state index contributed by atoms with van der Waals surface area (Å²) in [5.74, 6) is -0.239. The Balaban J connectivity index is 2.00. The number of para-hydroxylation sites is 1. The highest BCUT2D eigenvalue weighted by molar-refractivity contribution is 7.71. The number of hydrogen-bond donors (Lipinski definition) is 2. The van der Waals surface area contributed by atoms with Crippen molar-refractivity contribution >= 4 is 29.8 Å². The van der Waals surface area contributed by atoms with Crippen molar-refractivity contribution in [3.05, 3.63) is 74.8 Å². The SMILES string of the molecule is CCN(CC)c1ccc(N=Cc2c(O)n(-c3ccccc3C)c(=S)[nH]c2=O)cc1. The summed E-state index contributed by atoms with van der Waals surface area (Å²) < 4.78 is 1.57. The van der Waals surface area contributed by atoms with Crippen LogP contribution in [0.5, 0.6) is 5.88 Å². The second-order valence-corrected chi connectivity index (χ2v) is 6.95. The van der Waals surface area contributed by atoms with E-state index in [4.69, 9.17) is 12.2 Å². The lowest BCUT2D eigenvalue weighted by molar-refractivity contribution is 0.432. The first-order chi connectivity index (χ1) is 14.0. The predicted molar refractivity (Wildman–Crippen MR) is 121 cm³/mol. The van der Waals surface area contributed by atoms with Crippen LogP contribution in [-0.2, 0) is 0 Å². The normalized spacial score (nSPS) is 11.1. The maximum atomic E-state index is 12.4. The molecule has 3 aromatic rings. The molecule has 7 heteroatoms. The average molecular weight is 409 g/mol. The molecule has 0 aliphatic rings. The fourth-order valence-corrected chi connectivity index (χ4v) is 3.45. The summed E-state index contributed by atoms with van der Waals surface area (Å²) in [4.78, 5) is 21.6. The molecular weight excluding hydrogens is 384 g/mol. The number of benzene rings is 2. The molecule has 1 heterocycles. The van der Waals surface area contributed by atoms with E-state index in [1.54, 1.807) is 0 Å². The minimum Gasteiger partial charge on any atom is -0.494 e. The van der Waals surface area contributed by atoms with Gasteiger partial charge in [0, 0.05) is 25.0 Å². The standard InChI is InChI=1S/C22H24N4O2S/c1-4-25(5-2)17-12-10-16(11-13-17)23-14-18-20(27)24-22(29)26(21(18)28)19-9-7-6-8-15(19)3/h6-14,28H,4-5H2,1-3H3,(H,24,27,29). The van der Waals surface area contributed by atoms with E-state index in [2.05, 4.69) is 28.7 Å². The summed E-state index contributed by atoms with van der Waals surface area (Å²) in [5.41, 5.74) is 2.98. The van der Waals surface area contributed by atoms with Crippen molar-refractivity contribution in [2.24, 2.45) is 4.99 Å². The molecule has 150 valence electrons. The van der Waals surface area contributed by atoms with Crippen LogP contribution in [0.25, 0.3) is 5.69 Å². The first kappa shape index (κ1) is 20.5. The molecule has 0 atom stereocenters. The molecule has 0 spiro atoms. The van der Waals surface area contributed by atoms with Gasteiger partial charge in [-0.05, 0) is 68.9 Å². The summed E-state index contributed by atoms with van der Waals surface area (Å²) in [6.45, 7) is 7.98. The van der Waals surface area contributed by atoms with Gasteiger partial charge in [0.2, 0.25) is 5.88 Å². The molecule has 0 fully saturated rings. The third kappa shape index (κ3) is 4.30. The molecule has 29 heavy (non-hydrogen) atoms. The first-order valence-corrected chi connectivity index (χ1v) is 9.90. The van der Waals surface area contributed by atoms with Gasteiger partial charge in [-0.1, -0.05) is 18.2 Å². The first-order valence-electron chi connectivity index (χ1n) is 9.49. The number of rotatable bonds is 6. The highest BCUT2D eigenvalue weighted by Crippen LogP contribution is 2.23. The Kier molecular flexibility index (Phi) is 6.29. The van der Waals surface area contributed by atoms with E-state index in [1.807, 2.05) is 55.5 Å². The van der Waals surface area contributed by atoms with Crippen molar-refractivity contribution in [1.82, 2.24) is 9.55 Å². The van der Waals surface area contributed by atoms with Gasteiger partial charge in [0.15, 0.2) is 4.77 Å². The number of aromatic hydroxyl groups is 1. The van der Waals surface area contributed by atoms with Gasteiger partial charge in [-0.15, -0.1) is 0 Å². The van der Waals surface area contributed by atoms with Crippen LogP contribution in [0.15, 0.2) is 58.3 Å². The van der Waals surface area contributed by atoms with E-state index in [9.17, 15) is 9.90 Å². The zero-order valence-electron chi connectivity index (χ0n) is 16.7. The van der Waals surface area contributed by atoms with Gasteiger partial charge < -0.3 is 10.0 Å². The number of aliphatic imine (C=N–C) groups is 1. The minimum absolute atomic E-state index is 0.0506. The van der Waals surface area contributed by atoms with Crippen molar-refractivity contribution < 1.29 is 5.11 Å². The summed E-state index contributed by atoms with van der Waals surface area (Å²) in [7, 11) is 0. The Labute approximate surface area is 174 Å². The van der Waals surface area contributed by atoms with Gasteiger partial charge in [-0.3, -0.25) is 19.3 Å². The quantitative estimate of drug-likeness (QED) is 0.465. The third-order valence-corrected chi connectivity index (χ3v) is 5.08. The zero-order valence-corrected chi connectivity index (χ0v) is 17.5. The fourth-order valence-electron chi connectivity index (χ4n) is 3.17. The Morgan fingerprint density at radius 1 is 1.14 bits per heavy atom. The van der Waals surface area contributed by atoms with Crippen LogP contribution in [0.4, 0.5) is 11.4 Å². The molecule has 6 nitrogen and oxygen atoms in total. The number of hydrogen-bond acceptors (Lipinski definition) is 5.